The second-order valence-corrected chi connectivity index (χ2v) is 4.68. The average molecular weight is 311 g/mol. The van der Waals surface area contributed by atoms with Crippen molar-refractivity contribution in [1.29, 1.82) is 0 Å². The number of benzene rings is 1. The van der Waals surface area contributed by atoms with Gasteiger partial charge in [0.05, 0.1) is 0 Å². The lowest BCUT2D eigenvalue weighted by atomic mass is 9.98. The third-order valence-corrected chi connectivity index (χ3v) is 3.46. The molecule has 1 aromatic carbocycles. The highest BCUT2D eigenvalue weighted by atomic mass is 79.9. The highest BCUT2D eigenvalue weighted by molar-refractivity contribution is 9.10. The Morgan fingerprint density at radius 1 is 1.41 bits per heavy atom. The molecule has 0 radical (unpaired) electrons. The fourth-order valence-electron chi connectivity index (χ4n) is 1.64. The minimum Gasteiger partial charge on any atom is -0.271 e. The highest BCUT2D eigenvalue weighted by Crippen LogP contribution is 2.30. The fraction of sp³-hybridized carbons (Fsp3) is 0.455. The summed E-state index contributed by atoms with van der Waals surface area (Å²) in [5.74, 6) is 5.32. The lowest BCUT2D eigenvalue weighted by Gasteiger charge is -2.20. The van der Waals surface area contributed by atoms with Crippen molar-refractivity contribution in [2.45, 2.75) is 32.0 Å². The molecule has 0 bridgehead atoms. The van der Waals surface area contributed by atoms with E-state index in [0.29, 0.717) is 0 Å². The molecule has 1 unspecified atom stereocenters. The van der Waals surface area contributed by atoms with E-state index in [1.165, 1.54) is 0 Å². The third kappa shape index (κ3) is 4.29. The van der Waals surface area contributed by atoms with E-state index in [4.69, 9.17) is 5.84 Å². The van der Waals surface area contributed by atoms with Gasteiger partial charge in [0, 0.05) is 16.9 Å². The summed E-state index contributed by atoms with van der Waals surface area (Å²) in [6, 6.07) is 4.91. The van der Waals surface area contributed by atoms with Crippen LogP contribution in [0.3, 0.4) is 0 Å². The Kier molecular flexibility index (Phi) is 4.97. The van der Waals surface area contributed by atoms with Gasteiger partial charge in [-0.2, -0.15) is 13.2 Å². The van der Waals surface area contributed by atoms with E-state index in [-0.39, 0.29) is 6.42 Å². The van der Waals surface area contributed by atoms with Crippen molar-refractivity contribution in [2.24, 2.45) is 5.84 Å². The predicted octanol–water partition coefficient (Wildman–Crippen LogP) is 3.60. The van der Waals surface area contributed by atoms with Crippen LogP contribution < -0.4 is 11.3 Å². The first-order valence-corrected chi connectivity index (χ1v) is 5.92. The molecule has 2 nitrogen and oxygen atoms in total. The molecule has 6 heteroatoms. The molecule has 0 fully saturated rings. The molecular weight excluding hydrogens is 297 g/mol. The van der Waals surface area contributed by atoms with Gasteiger partial charge in [0.1, 0.15) is 0 Å². The Morgan fingerprint density at radius 3 is 2.59 bits per heavy atom. The van der Waals surface area contributed by atoms with Crippen LogP contribution in [0.15, 0.2) is 22.7 Å². The van der Waals surface area contributed by atoms with Gasteiger partial charge in [-0.05, 0) is 30.5 Å². The Balaban J connectivity index is 2.83. The average Bonchev–Trinajstić information content (AvgIpc) is 2.23. The maximum absolute atomic E-state index is 12.2. The van der Waals surface area contributed by atoms with Gasteiger partial charge in [0.25, 0.3) is 0 Å². The highest BCUT2D eigenvalue weighted by Gasteiger charge is 2.28. The molecule has 1 rings (SSSR count). The number of hydrogen-bond donors (Lipinski definition) is 2. The van der Waals surface area contributed by atoms with Crippen molar-refractivity contribution in [3.8, 4) is 0 Å². The van der Waals surface area contributed by atoms with Crippen molar-refractivity contribution in [3.05, 3.63) is 33.8 Å². The first kappa shape index (κ1) is 14.5. The van der Waals surface area contributed by atoms with E-state index in [9.17, 15) is 13.2 Å². The SMILES string of the molecule is Cc1c(Br)cccc1C(CCC(F)(F)F)NN. The summed E-state index contributed by atoms with van der Waals surface area (Å²) in [7, 11) is 0. The fourth-order valence-corrected chi connectivity index (χ4v) is 2.02. The van der Waals surface area contributed by atoms with Crippen LogP contribution in [0.4, 0.5) is 13.2 Å². The Bertz CT molecular complexity index is 379. The summed E-state index contributed by atoms with van der Waals surface area (Å²) in [5, 5.41) is 0. The van der Waals surface area contributed by atoms with E-state index in [0.717, 1.165) is 15.6 Å². The maximum atomic E-state index is 12.2. The molecule has 96 valence electrons. The van der Waals surface area contributed by atoms with E-state index in [2.05, 4.69) is 21.4 Å². The van der Waals surface area contributed by atoms with Crippen LogP contribution >= 0.6 is 15.9 Å². The number of halogens is 4. The summed E-state index contributed by atoms with van der Waals surface area (Å²) in [5.41, 5.74) is 4.12. The molecular formula is C11H14BrF3N2. The van der Waals surface area contributed by atoms with E-state index in [1.807, 2.05) is 13.0 Å². The quantitative estimate of drug-likeness (QED) is 0.658. The lowest BCUT2D eigenvalue weighted by molar-refractivity contribution is -0.136. The van der Waals surface area contributed by atoms with Crippen LogP contribution in [0.2, 0.25) is 0 Å². The molecule has 0 saturated heterocycles. The van der Waals surface area contributed by atoms with Crippen molar-refractivity contribution in [1.82, 2.24) is 5.43 Å². The smallest absolute Gasteiger partial charge is 0.271 e. The topological polar surface area (TPSA) is 38.0 Å². The summed E-state index contributed by atoms with van der Waals surface area (Å²) in [4.78, 5) is 0. The molecule has 0 aliphatic heterocycles. The monoisotopic (exact) mass is 310 g/mol. The molecule has 3 N–H and O–H groups in total. The molecule has 17 heavy (non-hydrogen) atoms. The molecule has 0 aliphatic rings. The Morgan fingerprint density at radius 2 is 2.06 bits per heavy atom. The summed E-state index contributed by atoms with van der Waals surface area (Å²) < 4.78 is 37.4. The predicted molar refractivity (Wildman–Crippen MR) is 64.2 cm³/mol. The molecule has 0 aliphatic carbocycles. The zero-order valence-corrected chi connectivity index (χ0v) is 10.9. The van der Waals surface area contributed by atoms with Crippen LogP contribution in [-0.4, -0.2) is 6.18 Å². The minimum atomic E-state index is -4.16. The van der Waals surface area contributed by atoms with Crippen LogP contribution in [0, 0.1) is 6.92 Å². The summed E-state index contributed by atoms with van der Waals surface area (Å²) >= 11 is 3.34. The number of hydrogen-bond acceptors (Lipinski definition) is 2. The molecule has 0 spiro atoms. The van der Waals surface area contributed by atoms with Crippen LogP contribution in [-0.2, 0) is 0 Å². The molecule has 0 heterocycles. The second-order valence-electron chi connectivity index (χ2n) is 3.83. The molecule has 1 aromatic rings. The Labute approximate surface area is 106 Å². The van der Waals surface area contributed by atoms with Crippen molar-refractivity contribution < 1.29 is 13.2 Å². The largest absolute Gasteiger partial charge is 0.389 e. The van der Waals surface area contributed by atoms with Gasteiger partial charge in [0.15, 0.2) is 0 Å². The van der Waals surface area contributed by atoms with Gasteiger partial charge >= 0.3 is 6.18 Å². The summed E-state index contributed by atoms with van der Waals surface area (Å²) in [6.45, 7) is 1.84. The van der Waals surface area contributed by atoms with Gasteiger partial charge in [0.2, 0.25) is 0 Å². The molecule has 0 aromatic heterocycles. The first-order chi connectivity index (χ1) is 7.85. The molecule has 1 atom stereocenters. The number of rotatable bonds is 4. The molecule has 0 saturated carbocycles. The normalized spacial score (nSPS) is 13.8. The van der Waals surface area contributed by atoms with E-state index < -0.39 is 18.6 Å². The lowest BCUT2D eigenvalue weighted by Crippen LogP contribution is -2.29. The van der Waals surface area contributed by atoms with Crippen LogP contribution in [0.5, 0.6) is 0 Å². The third-order valence-electron chi connectivity index (χ3n) is 2.60. The minimum absolute atomic E-state index is 0.0721. The number of alkyl halides is 3. The van der Waals surface area contributed by atoms with Crippen molar-refractivity contribution in [3.63, 3.8) is 0 Å². The van der Waals surface area contributed by atoms with Gasteiger partial charge in [-0.25, -0.2) is 0 Å². The van der Waals surface area contributed by atoms with Gasteiger partial charge < -0.3 is 0 Å². The van der Waals surface area contributed by atoms with Gasteiger partial charge in [-0.3, -0.25) is 11.3 Å². The summed E-state index contributed by atoms with van der Waals surface area (Å²) in [6.07, 6.45) is -5.08. The Hall–Kier alpha value is -0.590. The first-order valence-electron chi connectivity index (χ1n) is 5.13. The van der Waals surface area contributed by atoms with Gasteiger partial charge in [-0.1, -0.05) is 28.1 Å². The van der Waals surface area contributed by atoms with E-state index >= 15 is 0 Å². The second kappa shape index (κ2) is 5.84. The zero-order valence-electron chi connectivity index (χ0n) is 9.31. The van der Waals surface area contributed by atoms with Gasteiger partial charge in [-0.15, -0.1) is 0 Å². The van der Waals surface area contributed by atoms with Crippen LogP contribution in [0.25, 0.3) is 0 Å². The van der Waals surface area contributed by atoms with E-state index in [1.54, 1.807) is 12.1 Å². The van der Waals surface area contributed by atoms with Crippen LogP contribution in [0.1, 0.15) is 30.0 Å². The number of nitrogens with one attached hydrogen (secondary N) is 1. The standard InChI is InChI=1S/C11H14BrF3N2/c1-7-8(3-2-4-9(7)12)10(17-16)5-6-11(13,14)15/h2-4,10,17H,5-6,16H2,1H3. The van der Waals surface area contributed by atoms with Crippen molar-refractivity contribution in [2.75, 3.05) is 0 Å². The molecule has 0 amide bonds. The van der Waals surface area contributed by atoms with Crippen molar-refractivity contribution >= 4 is 15.9 Å². The maximum Gasteiger partial charge on any atom is 0.389 e. The zero-order chi connectivity index (χ0) is 13.1. The number of hydrazine groups is 1. The number of nitrogens with two attached hydrogens (primary N) is 1.